The zero-order valence-corrected chi connectivity index (χ0v) is 12.7. The van der Waals surface area contributed by atoms with Crippen molar-refractivity contribution in [3.63, 3.8) is 0 Å². The number of halogens is 1. The van der Waals surface area contributed by atoms with Crippen LogP contribution in [0.5, 0.6) is 0 Å². The van der Waals surface area contributed by atoms with Gasteiger partial charge < -0.3 is 10.2 Å². The van der Waals surface area contributed by atoms with Gasteiger partial charge in [-0.25, -0.2) is 4.39 Å². The number of nitrogens with one attached hydrogen (secondary N) is 1. The molecule has 112 valence electrons. The van der Waals surface area contributed by atoms with Gasteiger partial charge in [0.15, 0.2) is 0 Å². The molecular formula is C17H27FN2. The lowest BCUT2D eigenvalue weighted by molar-refractivity contribution is 0.197. The van der Waals surface area contributed by atoms with Crippen molar-refractivity contribution in [1.82, 2.24) is 10.2 Å². The van der Waals surface area contributed by atoms with Gasteiger partial charge in [-0.15, -0.1) is 0 Å². The molecule has 20 heavy (non-hydrogen) atoms. The minimum atomic E-state index is -0.167. The van der Waals surface area contributed by atoms with Crippen molar-refractivity contribution in [3.05, 3.63) is 35.6 Å². The molecule has 1 heterocycles. The molecule has 1 saturated heterocycles. The summed E-state index contributed by atoms with van der Waals surface area (Å²) in [5, 5.41) is 3.56. The van der Waals surface area contributed by atoms with E-state index in [0.717, 1.165) is 12.1 Å². The zero-order valence-electron chi connectivity index (χ0n) is 12.7. The molecule has 1 aliphatic rings. The molecule has 0 aliphatic carbocycles. The van der Waals surface area contributed by atoms with Gasteiger partial charge in [0.05, 0.1) is 0 Å². The summed E-state index contributed by atoms with van der Waals surface area (Å²) in [6, 6.07) is 7.07. The molecule has 3 heteroatoms. The van der Waals surface area contributed by atoms with Crippen molar-refractivity contribution < 1.29 is 4.39 Å². The number of hydrogen-bond donors (Lipinski definition) is 1. The summed E-state index contributed by atoms with van der Waals surface area (Å²) in [7, 11) is 0. The largest absolute Gasteiger partial charge is 0.310 e. The SMILES string of the molecule is CC(CNC(C)c1ccc(F)cc1)CN1CCCCC1. The topological polar surface area (TPSA) is 15.3 Å². The maximum Gasteiger partial charge on any atom is 0.123 e. The fourth-order valence-electron chi connectivity index (χ4n) is 2.89. The first-order chi connectivity index (χ1) is 9.65. The summed E-state index contributed by atoms with van der Waals surface area (Å²) in [6.07, 6.45) is 4.10. The van der Waals surface area contributed by atoms with Gasteiger partial charge in [0.2, 0.25) is 0 Å². The molecule has 0 bridgehead atoms. The van der Waals surface area contributed by atoms with Crippen molar-refractivity contribution in [2.45, 2.75) is 39.2 Å². The monoisotopic (exact) mass is 278 g/mol. The number of likely N-dealkylation sites (tertiary alicyclic amines) is 1. The van der Waals surface area contributed by atoms with Gasteiger partial charge in [-0.05, 0) is 63.0 Å². The molecule has 0 spiro atoms. The van der Waals surface area contributed by atoms with E-state index < -0.39 is 0 Å². The molecule has 2 unspecified atom stereocenters. The van der Waals surface area contributed by atoms with Crippen molar-refractivity contribution >= 4 is 0 Å². The second kappa shape index (κ2) is 7.75. The summed E-state index contributed by atoms with van der Waals surface area (Å²) in [5.41, 5.74) is 1.15. The molecule has 2 atom stereocenters. The third-order valence-electron chi connectivity index (χ3n) is 4.16. The van der Waals surface area contributed by atoms with E-state index >= 15 is 0 Å². The number of hydrogen-bond acceptors (Lipinski definition) is 2. The predicted octanol–water partition coefficient (Wildman–Crippen LogP) is 3.60. The van der Waals surface area contributed by atoms with Crippen LogP contribution in [0.4, 0.5) is 4.39 Å². The summed E-state index contributed by atoms with van der Waals surface area (Å²) in [5.74, 6) is 0.482. The van der Waals surface area contributed by atoms with Crippen LogP contribution >= 0.6 is 0 Å². The van der Waals surface area contributed by atoms with Crippen LogP contribution in [-0.4, -0.2) is 31.1 Å². The highest BCUT2D eigenvalue weighted by Gasteiger charge is 2.14. The molecule has 0 radical (unpaired) electrons. The Labute approximate surface area is 122 Å². The molecule has 1 fully saturated rings. The molecule has 1 aliphatic heterocycles. The Kier molecular flexibility index (Phi) is 5.99. The van der Waals surface area contributed by atoms with Gasteiger partial charge in [0.25, 0.3) is 0 Å². The second-order valence-corrected chi connectivity index (χ2v) is 6.15. The molecule has 1 N–H and O–H groups in total. The Morgan fingerprint density at radius 3 is 2.40 bits per heavy atom. The van der Waals surface area contributed by atoms with Gasteiger partial charge in [0.1, 0.15) is 5.82 Å². The van der Waals surface area contributed by atoms with Crippen molar-refractivity contribution in [1.29, 1.82) is 0 Å². The van der Waals surface area contributed by atoms with Crippen LogP contribution in [-0.2, 0) is 0 Å². The lowest BCUT2D eigenvalue weighted by Gasteiger charge is -2.29. The van der Waals surface area contributed by atoms with Crippen LogP contribution in [0.15, 0.2) is 24.3 Å². The maximum atomic E-state index is 12.9. The third-order valence-corrected chi connectivity index (χ3v) is 4.16. The van der Waals surface area contributed by atoms with Crippen LogP contribution < -0.4 is 5.32 Å². The zero-order chi connectivity index (χ0) is 14.4. The van der Waals surface area contributed by atoms with Crippen LogP contribution in [0.3, 0.4) is 0 Å². The van der Waals surface area contributed by atoms with Gasteiger partial charge >= 0.3 is 0 Å². The number of benzene rings is 1. The van der Waals surface area contributed by atoms with Crippen LogP contribution in [0.1, 0.15) is 44.7 Å². The van der Waals surface area contributed by atoms with E-state index in [4.69, 9.17) is 0 Å². The van der Waals surface area contributed by atoms with E-state index in [0.29, 0.717) is 5.92 Å². The van der Waals surface area contributed by atoms with E-state index in [1.54, 1.807) is 0 Å². The third kappa shape index (κ3) is 4.88. The first kappa shape index (κ1) is 15.5. The average Bonchev–Trinajstić information content (AvgIpc) is 2.46. The van der Waals surface area contributed by atoms with E-state index in [1.807, 2.05) is 12.1 Å². The van der Waals surface area contributed by atoms with E-state index in [9.17, 15) is 4.39 Å². The summed E-state index contributed by atoms with van der Waals surface area (Å²) < 4.78 is 12.9. The average molecular weight is 278 g/mol. The molecule has 2 rings (SSSR count). The smallest absolute Gasteiger partial charge is 0.123 e. The lowest BCUT2D eigenvalue weighted by atomic mass is 10.1. The minimum absolute atomic E-state index is 0.167. The molecule has 0 amide bonds. The minimum Gasteiger partial charge on any atom is -0.310 e. The van der Waals surface area contributed by atoms with Crippen LogP contribution in [0.2, 0.25) is 0 Å². The Morgan fingerprint density at radius 2 is 1.75 bits per heavy atom. The highest BCUT2D eigenvalue weighted by molar-refractivity contribution is 5.19. The fraction of sp³-hybridized carbons (Fsp3) is 0.647. The van der Waals surface area contributed by atoms with E-state index in [1.165, 1.54) is 51.0 Å². The van der Waals surface area contributed by atoms with Crippen molar-refractivity contribution in [3.8, 4) is 0 Å². The van der Waals surface area contributed by atoms with Gasteiger partial charge in [0, 0.05) is 12.6 Å². The number of nitrogens with zero attached hydrogens (tertiary/aromatic N) is 1. The first-order valence-corrected chi connectivity index (χ1v) is 7.86. The van der Waals surface area contributed by atoms with Crippen LogP contribution in [0.25, 0.3) is 0 Å². The Balaban J connectivity index is 1.71. The van der Waals surface area contributed by atoms with Gasteiger partial charge in [-0.3, -0.25) is 0 Å². The predicted molar refractivity (Wildman–Crippen MR) is 82.3 cm³/mol. The summed E-state index contributed by atoms with van der Waals surface area (Å²) in [6.45, 7) is 9.16. The quantitative estimate of drug-likeness (QED) is 0.855. The second-order valence-electron chi connectivity index (χ2n) is 6.15. The van der Waals surface area contributed by atoms with Crippen molar-refractivity contribution in [2.75, 3.05) is 26.2 Å². The summed E-state index contributed by atoms with van der Waals surface area (Å²) in [4.78, 5) is 2.58. The van der Waals surface area contributed by atoms with Gasteiger partial charge in [-0.1, -0.05) is 25.5 Å². The number of piperidine rings is 1. The van der Waals surface area contributed by atoms with Crippen LogP contribution in [0, 0.1) is 11.7 Å². The van der Waals surface area contributed by atoms with E-state index in [2.05, 4.69) is 24.1 Å². The molecule has 0 aromatic heterocycles. The maximum absolute atomic E-state index is 12.9. The van der Waals surface area contributed by atoms with Gasteiger partial charge in [-0.2, -0.15) is 0 Å². The molecule has 2 nitrogen and oxygen atoms in total. The highest BCUT2D eigenvalue weighted by atomic mass is 19.1. The first-order valence-electron chi connectivity index (χ1n) is 7.86. The Morgan fingerprint density at radius 1 is 1.10 bits per heavy atom. The lowest BCUT2D eigenvalue weighted by Crippen LogP contribution is -2.37. The summed E-state index contributed by atoms with van der Waals surface area (Å²) >= 11 is 0. The molecule has 1 aromatic carbocycles. The Hall–Kier alpha value is -0.930. The molecular weight excluding hydrogens is 251 g/mol. The number of rotatable bonds is 6. The van der Waals surface area contributed by atoms with Crippen molar-refractivity contribution in [2.24, 2.45) is 5.92 Å². The fourth-order valence-corrected chi connectivity index (χ4v) is 2.89. The van der Waals surface area contributed by atoms with E-state index in [-0.39, 0.29) is 11.9 Å². The highest BCUT2D eigenvalue weighted by Crippen LogP contribution is 2.14. The standard InChI is InChI=1S/C17H27FN2/c1-14(13-20-10-4-3-5-11-20)12-19-15(2)16-6-8-17(18)9-7-16/h6-9,14-15,19H,3-5,10-13H2,1-2H3. The molecule has 0 saturated carbocycles. The Bertz CT molecular complexity index is 384. The molecule has 1 aromatic rings. The normalized spacial score (nSPS) is 19.8.